The summed E-state index contributed by atoms with van der Waals surface area (Å²) in [6.07, 6.45) is 0. The van der Waals surface area contributed by atoms with Crippen LogP contribution in [0.25, 0.3) is 0 Å². The molecule has 1 aromatic rings. The molecule has 0 amide bonds. The van der Waals surface area contributed by atoms with Gasteiger partial charge >= 0.3 is 0 Å². The van der Waals surface area contributed by atoms with Crippen molar-refractivity contribution in [3.63, 3.8) is 0 Å². The van der Waals surface area contributed by atoms with Gasteiger partial charge in [0.2, 0.25) is 0 Å². The number of aliphatic hydroxyl groups excluding tert-OH is 1. The quantitative estimate of drug-likeness (QED) is 0.806. The van der Waals surface area contributed by atoms with Crippen LogP contribution in [-0.2, 0) is 5.41 Å². The van der Waals surface area contributed by atoms with Crippen molar-refractivity contribution in [2.75, 3.05) is 13.7 Å². The summed E-state index contributed by atoms with van der Waals surface area (Å²) in [4.78, 5) is 0. The molecule has 0 fully saturated rings. The zero-order valence-electron chi connectivity index (χ0n) is 9.04. The van der Waals surface area contributed by atoms with Crippen LogP contribution in [0.1, 0.15) is 19.4 Å². The van der Waals surface area contributed by atoms with E-state index >= 15 is 0 Å². The van der Waals surface area contributed by atoms with Crippen molar-refractivity contribution in [2.45, 2.75) is 19.3 Å². The second kappa shape index (κ2) is 4.06. The summed E-state index contributed by atoms with van der Waals surface area (Å²) in [6.45, 7) is 3.18. The Kier molecular flexibility index (Phi) is 3.19. The van der Waals surface area contributed by atoms with E-state index in [-0.39, 0.29) is 17.9 Å². The summed E-state index contributed by atoms with van der Waals surface area (Å²) in [7, 11) is 1.35. The Hall–Kier alpha value is -1.29. The van der Waals surface area contributed by atoms with Gasteiger partial charge in [-0.2, -0.15) is 0 Å². The summed E-state index contributed by atoms with van der Waals surface area (Å²) >= 11 is 0. The fourth-order valence-corrected chi connectivity index (χ4v) is 1.32. The average Bonchev–Trinajstić information content (AvgIpc) is 2.21. The van der Waals surface area contributed by atoms with E-state index in [1.54, 1.807) is 13.8 Å². The van der Waals surface area contributed by atoms with Crippen molar-refractivity contribution < 1.29 is 19.3 Å². The number of phenols is 1. The van der Waals surface area contributed by atoms with Gasteiger partial charge in [-0.05, 0) is 11.6 Å². The second-order valence-corrected chi connectivity index (χ2v) is 4.02. The fraction of sp³-hybridized carbons (Fsp3) is 0.455. The van der Waals surface area contributed by atoms with Crippen LogP contribution in [0.5, 0.6) is 11.5 Å². The van der Waals surface area contributed by atoms with Gasteiger partial charge in [0.05, 0.1) is 13.7 Å². The maximum atomic E-state index is 13.7. The topological polar surface area (TPSA) is 49.7 Å². The van der Waals surface area contributed by atoms with Crippen LogP contribution in [0.4, 0.5) is 4.39 Å². The monoisotopic (exact) mass is 214 g/mol. The Bertz CT molecular complexity index is 361. The molecule has 2 N–H and O–H groups in total. The molecule has 0 atom stereocenters. The number of aromatic hydroxyl groups is 1. The number of methoxy groups -OCH3 is 1. The normalized spacial score (nSPS) is 11.5. The smallest absolute Gasteiger partial charge is 0.194 e. The highest BCUT2D eigenvalue weighted by atomic mass is 19.1. The third kappa shape index (κ3) is 2.04. The van der Waals surface area contributed by atoms with E-state index in [4.69, 9.17) is 9.84 Å². The Labute approximate surface area is 88.1 Å². The standard InChI is InChI=1S/C11H15FO3/c1-11(2,6-13)7-4-5-8(15-3)10(14)9(7)12/h4-5,13-14H,6H2,1-3H3. The first kappa shape index (κ1) is 11.8. The van der Waals surface area contributed by atoms with Crippen molar-refractivity contribution >= 4 is 0 Å². The molecule has 4 heteroatoms. The lowest BCUT2D eigenvalue weighted by atomic mass is 9.85. The van der Waals surface area contributed by atoms with Crippen LogP contribution in [0.3, 0.4) is 0 Å². The van der Waals surface area contributed by atoms with E-state index in [1.807, 2.05) is 0 Å². The highest BCUT2D eigenvalue weighted by molar-refractivity contribution is 5.45. The predicted octanol–water partition coefficient (Wildman–Crippen LogP) is 1.81. The third-order valence-electron chi connectivity index (χ3n) is 2.42. The highest BCUT2D eigenvalue weighted by Crippen LogP contribution is 2.35. The number of halogens is 1. The largest absolute Gasteiger partial charge is 0.502 e. The molecule has 84 valence electrons. The molecule has 3 nitrogen and oxygen atoms in total. The predicted molar refractivity (Wildman–Crippen MR) is 54.7 cm³/mol. The molecule has 0 saturated heterocycles. The number of aliphatic hydroxyl groups is 1. The molecule has 1 rings (SSSR count). The number of ether oxygens (including phenoxy) is 1. The van der Waals surface area contributed by atoms with Crippen LogP contribution in [0.15, 0.2) is 12.1 Å². The van der Waals surface area contributed by atoms with E-state index < -0.39 is 17.0 Å². The zero-order chi connectivity index (χ0) is 11.6. The molecule has 0 bridgehead atoms. The maximum Gasteiger partial charge on any atom is 0.194 e. The fourth-order valence-electron chi connectivity index (χ4n) is 1.32. The molecule has 0 spiro atoms. The van der Waals surface area contributed by atoms with Crippen molar-refractivity contribution in [3.8, 4) is 11.5 Å². The molecular formula is C11H15FO3. The molecule has 0 heterocycles. The molecule has 1 aromatic carbocycles. The second-order valence-electron chi connectivity index (χ2n) is 4.02. The first-order chi connectivity index (χ1) is 6.94. The Morgan fingerprint density at radius 2 is 2.00 bits per heavy atom. The first-order valence-corrected chi connectivity index (χ1v) is 4.61. The number of hydrogen-bond donors (Lipinski definition) is 2. The highest BCUT2D eigenvalue weighted by Gasteiger charge is 2.26. The molecule has 0 saturated carbocycles. The van der Waals surface area contributed by atoms with E-state index in [9.17, 15) is 9.50 Å². The maximum absolute atomic E-state index is 13.7. The minimum Gasteiger partial charge on any atom is -0.502 e. The molecule has 0 radical (unpaired) electrons. The van der Waals surface area contributed by atoms with Crippen LogP contribution >= 0.6 is 0 Å². The van der Waals surface area contributed by atoms with Crippen molar-refractivity contribution in [3.05, 3.63) is 23.5 Å². The molecule has 0 aromatic heterocycles. The summed E-state index contributed by atoms with van der Waals surface area (Å²) in [6, 6.07) is 2.98. The molecule has 15 heavy (non-hydrogen) atoms. The van der Waals surface area contributed by atoms with Gasteiger partial charge in [0.25, 0.3) is 0 Å². The van der Waals surface area contributed by atoms with Crippen LogP contribution < -0.4 is 4.74 Å². The molecule has 0 aliphatic heterocycles. The Morgan fingerprint density at radius 3 is 2.47 bits per heavy atom. The molecular weight excluding hydrogens is 199 g/mol. The van der Waals surface area contributed by atoms with Crippen molar-refractivity contribution in [1.29, 1.82) is 0 Å². The van der Waals surface area contributed by atoms with Gasteiger partial charge in [-0.1, -0.05) is 19.9 Å². The van der Waals surface area contributed by atoms with E-state index in [2.05, 4.69) is 0 Å². The summed E-state index contributed by atoms with van der Waals surface area (Å²) < 4.78 is 18.5. The minimum absolute atomic E-state index is 0.0880. The lowest BCUT2D eigenvalue weighted by Gasteiger charge is -2.23. The lowest BCUT2D eigenvalue weighted by Crippen LogP contribution is -2.23. The third-order valence-corrected chi connectivity index (χ3v) is 2.42. The summed E-state index contributed by atoms with van der Waals surface area (Å²) in [5.41, 5.74) is -0.461. The van der Waals surface area contributed by atoms with Gasteiger partial charge in [-0.15, -0.1) is 0 Å². The van der Waals surface area contributed by atoms with Gasteiger partial charge in [0.15, 0.2) is 17.3 Å². The van der Waals surface area contributed by atoms with E-state index in [1.165, 1.54) is 19.2 Å². The Balaban J connectivity index is 3.29. The van der Waals surface area contributed by atoms with Crippen LogP contribution in [-0.4, -0.2) is 23.9 Å². The molecule has 0 aliphatic carbocycles. The van der Waals surface area contributed by atoms with Crippen molar-refractivity contribution in [2.24, 2.45) is 0 Å². The lowest BCUT2D eigenvalue weighted by molar-refractivity contribution is 0.213. The van der Waals surface area contributed by atoms with Gasteiger partial charge < -0.3 is 14.9 Å². The van der Waals surface area contributed by atoms with E-state index in [0.717, 1.165) is 0 Å². The SMILES string of the molecule is COc1ccc(C(C)(C)CO)c(F)c1O. The number of benzene rings is 1. The van der Waals surface area contributed by atoms with Crippen molar-refractivity contribution in [1.82, 2.24) is 0 Å². The molecule has 0 unspecified atom stereocenters. The van der Waals surface area contributed by atoms with Gasteiger partial charge in [-0.3, -0.25) is 0 Å². The van der Waals surface area contributed by atoms with E-state index in [0.29, 0.717) is 0 Å². The van der Waals surface area contributed by atoms with Gasteiger partial charge in [0.1, 0.15) is 0 Å². The number of phenolic OH excluding ortho intramolecular Hbond substituents is 1. The minimum atomic E-state index is -0.742. The molecule has 0 aliphatic rings. The summed E-state index contributed by atoms with van der Waals surface area (Å²) in [5, 5.41) is 18.6. The van der Waals surface area contributed by atoms with Gasteiger partial charge in [0, 0.05) is 5.41 Å². The van der Waals surface area contributed by atoms with Crippen LogP contribution in [0.2, 0.25) is 0 Å². The number of rotatable bonds is 3. The summed E-state index contributed by atoms with van der Waals surface area (Å²) in [5.74, 6) is -1.17. The van der Waals surface area contributed by atoms with Crippen LogP contribution in [0, 0.1) is 5.82 Å². The first-order valence-electron chi connectivity index (χ1n) is 4.61. The zero-order valence-corrected chi connectivity index (χ0v) is 9.04. The Morgan fingerprint density at radius 1 is 1.40 bits per heavy atom. The number of hydrogen-bond acceptors (Lipinski definition) is 3. The van der Waals surface area contributed by atoms with Gasteiger partial charge in [-0.25, -0.2) is 4.39 Å². The average molecular weight is 214 g/mol.